The molecule has 0 aromatic heterocycles. The molecule has 0 fully saturated rings. The monoisotopic (exact) mass is 414 g/mol. The van der Waals surface area contributed by atoms with E-state index in [-0.39, 0.29) is 5.56 Å². The average molecular weight is 414 g/mol. The minimum atomic E-state index is -4.38. The zero-order chi connectivity index (χ0) is 21.6. The maximum absolute atomic E-state index is 14.2. The van der Waals surface area contributed by atoms with Crippen LogP contribution in [0, 0.1) is 0 Å². The Morgan fingerprint density at radius 2 is 1.40 bits per heavy atom. The van der Waals surface area contributed by atoms with Crippen molar-refractivity contribution in [3.63, 3.8) is 0 Å². The predicted molar refractivity (Wildman–Crippen MR) is 112 cm³/mol. The van der Waals surface area contributed by atoms with Crippen molar-refractivity contribution in [3.8, 4) is 17.2 Å². The van der Waals surface area contributed by atoms with E-state index < -0.39 is 18.0 Å². The van der Waals surface area contributed by atoms with Gasteiger partial charge in [-0.15, -0.1) is 0 Å². The standard InChI is InChI=1S/C25H25F3O2/c1-3-23(19-9-8-12-22(17-19)30-21-10-6-5-7-11-21)24(25(26,27)28)18-13-15-20(16-14-18)29-4-2/h5-17,23-24H,3-4H2,1-2H3. The first-order valence-electron chi connectivity index (χ1n) is 10.0. The topological polar surface area (TPSA) is 18.5 Å². The molecule has 3 rings (SSSR count). The molecule has 0 heterocycles. The van der Waals surface area contributed by atoms with Gasteiger partial charge in [0.25, 0.3) is 0 Å². The van der Waals surface area contributed by atoms with E-state index in [1.165, 1.54) is 12.1 Å². The van der Waals surface area contributed by atoms with E-state index in [9.17, 15) is 13.2 Å². The smallest absolute Gasteiger partial charge is 0.396 e. The van der Waals surface area contributed by atoms with Crippen LogP contribution in [0.15, 0.2) is 78.9 Å². The largest absolute Gasteiger partial charge is 0.494 e. The molecule has 158 valence electrons. The minimum absolute atomic E-state index is 0.229. The van der Waals surface area contributed by atoms with Crippen LogP contribution >= 0.6 is 0 Å². The Morgan fingerprint density at radius 1 is 0.733 bits per heavy atom. The van der Waals surface area contributed by atoms with E-state index in [4.69, 9.17) is 9.47 Å². The number of hydrogen-bond acceptors (Lipinski definition) is 2. The Balaban J connectivity index is 1.93. The van der Waals surface area contributed by atoms with E-state index in [1.54, 1.807) is 43.3 Å². The van der Waals surface area contributed by atoms with E-state index in [0.29, 0.717) is 35.8 Å². The van der Waals surface area contributed by atoms with Crippen LogP contribution in [0.5, 0.6) is 17.2 Å². The van der Waals surface area contributed by atoms with Crippen molar-refractivity contribution >= 4 is 0 Å². The van der Waals surface area contributed by atoms with E-state index in [1.807, 2.05) is 37.3 Å². The van der Waals surface area contributed by atoms with Gasteiger partial charge >= 0.3 is 6.18 Å². The van der Waals surface area contributed by atoms with E-state index in [0.717, 1.165) is 0 Å². The van der Waals surface area contributed by atoms with Gasteiger partial charge in [0, 0.05) is 0 Å². The molecule has 2 nitrogen and oxygen atoms in total. The number of benzene rings is 3. The van der Waals surface area contributed by atoms with Crippen molar-refractivity contribution in [2.24, 2.45) is 0 Å². The summed E-state index contributed by atoms with van der Waals surface area (Å²) in [6.07, 6.45) is -4.05. The molecule has 0 radical (unpaired) electrons. The second kappa shape index (κ2) is 9.70. The molecule has 5 heteroatoms. The van der Waals surface area contributed by atoms with Crippen LogP contribution in [0.4, 0.5) is 13.2 Å². The van der Waals surface area contributed by atoms with Crippen LogP contribution in [0.3, 0.4) is 0 Å². The molecule has 0 aliphatic carbocycles. The van der Waals surface area contributed by atoms with Crippen LogP contribution in [0.1, 0.15) is 43.2 Å². The fourth-order valence-corrected chi connectivity index (χ4v) is 3.68. The number of para-hydroxylation sites is 1. The summed E-state index contributed by atoms with van der Waals surface area (Å²) in [5.74, 6) is -0.632. The molecule has 0 aliphatic rings. The summed E-state index contributed by atoms with van der Waals surface area (Å²) in [7, 11) is 0. The molecule has 0 aliphatic heterocycles. The second-order valence-electron chi connectivity index (χ2n) is 7.02. The normalized spacial score (nSPS) is 13.5. The predicted octanol–water partition coefficient (Wildman–Crippen LogP) is 7.72. The second-order valence-corrected chi connectivity index (χ2v) is 7.02. The van der Waals surface area contributed by atoms with Crippen LogP contribution < -0.4 is 9.47 Å². The van der Waals surface area contributed by atoms with Crippen molar-refractivity contribution in [1.82, 2.24) is 0 Å². The van der Waals surface area contributed by atoms with Crippen LogP contribution in [0.2, 0.25) is 0 Å². The quantitative estimate of drug-likeness (QED) is 0.376. The highest BCUT2D eigenvalue weighted by Crippen LogP contribution is 2.47. The molecule has 0 saturated heterocycles. The number of halogens is 3. The molecule has 30 heavy (non-hydrogen) atoms. The highest BCUT2D eigenvalue weighted by molar-refractivity contribution is 5.38. The molecular formula is C25H25F3O2. The van der Waals surface area contributed by atoms with E-state index in [2.05, 4.69) is 0 Å². The van der Waals surface area contributed by atoms with Gasteiger partial charge in [0.1, 0.15) is 17.2 Å². The molecular weight excluding hydrogens is 389 g/mol. The maximum atomic E-state index is 14.2. The fourth-order valence-electron chi connectivity index (χ4n) is 3.68. The molecule has 2 unspecified atom stereocenters. The molecule has 0 spiro atoms. The molecule has 3 aromatic rings. The van der Waals surface area contributed by atoms with Crippen LogP contribution in [0.25, 0.3) is 0 Å². The first kappa shape index (κ1) is 21.8. The third kappa shape index (κ3) is 5.35. The van der Waals surface area contributed by atoms with Crippen molar-refractivity contribution in [3.05, 3.63) is 90.0 Å². The summed E-state index contributed by atoms with van der Waals surface area (Å²) in [5.41, 5.74) is 0.828. The summed E-state index contributed by atoms with van der Waals surface area (Å²) in [6, 6.07) is 22.3. The molecule has 0 N–H and O–H groups in total. The molecule has 0 amide bonds. The first-order valence-corrected chi connectivity index (χ1v) is 10.0. The number of hydrogen-bond donors (Lipinski definition) is 0. The van der Waals surface area contributed by atoms with Gasteiger partial charge in [-0.2, -0.15) is 13.2 Å². The van der Waals surface area contributed by atoms with Gasteiger partial charge in [0.2, 0.25) is 0 Å². The van der Waals surface area contributed by atoms with Crippen molar-refractivity contribution in [2.45, 2.75) is 38.3 Å². The number of alkyl halides is 3. The number of ether oxygens (including phenoxy) is 2. The molecule has 0 saturated carbocycles. The number of rotatable bonds is 8. The van der Waals surface area contributed by atoms with Gasteiger partial charge < -0.3 is 9.47 Å². The minimum Gasteiger partial charge on any atom is -0.494 e. The lowest BCUT2D eigenvalue weighted by atomic mass is 9.79. The Hall–Kier alpha value is -2.95. The molecule has 0 bridgehead atoms. The third-order valence-corrected chi connectivity index (χ3v) is 5.01. The Morgan fingerprint density at radius 3 is 2.00 bits per heavy atom. The Bertz CT molecular complexity index is 921. The Labute approximate surface area is 175 Å². The summed E-state index contributed by atoms with van der Waals surface area (Å²) in [6.45, 7) is 4.08. The van der Waals surface area contributed by atoms with Gasteiger partial charge in [-0.25, -0.2) is 0 Å². The molecule has 2 atom stereocenters. The van der Waals surface area contributed by atoms with E-state index >= 15 is 0 Å². The van der Waals surface area contributed by atoms with Crippen molar-refractivity contribution in [2.75, 3.05) is 6.61 Å². The van der Waals surface area contributed by atoms with Gasteiger partial charge in [-0.3, -0.25) is 0 Å². The van der Waals surface area contributed by atoms with Crippen molar-refractivity contribution < 1.29 is 22.6 Å². The lowest BCUT2D eigenvalue weighted by Crippen LogP contribution is -2.27. The lowest BCUT2D eigenvalue weighted by molar-refractivity contribution is -0.156. The lowest BCUT2D eigenvalue weighted by Gasteiger charge is -2.29. The highest BCUT2D eigenvalue weighted by atomic mass is 19.4. The highest BCUT2D eigenvalue weighted by Gasteiger charge is 2.45. The Kier molecular flexibility index (Phi) is 7.03. The van der Waals surface area contributed by atoms with Crippen LogP contribution in [-0.2, 0) is 0 Å². The fraction of sp³-hybridized carbons (Fsp3) is 0.280. The average Bonchev–Trinajstić information content (AvgIpc) is 2.73. The maximum Gasteiger partial charge on any atom is 0.396 e. The summed E-state index contributed by atoms with van der Waals surface area (Å²) in [5, 5.41) is 0. The first-order chi connectivity index (χ1) is 14.4. The zero-order valence-electron chi connectivity index (χ0n) is 17.0. The van der Waals surface area contributed by atoms with Gasteiger partial charge in [0.15, 0.2) is 0 Å². The summed E-state index contributed by atoms with van der Waals surface area (Å²) in [4.78, 5) is 0. The SMILES string of the molecule is CCOc1ccc(C(C(CC)c2cccc(Oc3ccccc3)c2)C(F)(F)F)cc1. The summed E-state index contributed by atoms with van der Waals surface area (Å²) >= 11 is 0. The van der Waals surface area contributed by atoms with Gasteiger partial charge in [-0.1, -0.05) is 49.4 Å². The zero-order valence-corrected chi connectivity index (χ0v) is 17.0. The van der Waals surface area contributed by atoms with Gasteiger partial charge in [-0.05, 0) is 66.8 Å². The summed E-state index contributed by atoms with van der Waals surface area (Å²) < 4.78 is 53.7. The third-order valence-electron chi connectivity index (χ3n) is 5.01. The van der Waals surface area contributed by atoms with Crippen molar-refractivity contribution in [1.29, 1.82) is 0 Å². The van der Waals surface area contributed by atoms with Gasteiger partial charge in [0.05, 0.1) is 12.5 Å². The molecule has 3 aromatic carbocycles. The van der Waals surface area contributed by atoms with Crippen LogP contribution in [-0.4, -0.2) is 12.8 Å².